The Hall–Kier alpha value is -1.22. The molecule has 3 N–H and O–H groups in total. The van der Waals surface area contributed by atoms with Crippen molar-refractivity contribution in [3.8, 4) is 0 Å². The van der Waals surface area contributed by atoms with E-state index in [1.165, 1.54) is 4.90 Å². The number of carboxylic acid groups (broad SMARTS) is 2. The van der Waals surface area contributed by atoms with E-state index in [0.717, 1.165) is 0 Å². The molecule has 0 atom stereocenters. The van der Waals surface area contributed by atoms with Gasteiger partial charge in [0.05, 0.1) is 0 Å². The van der Waals surface area contributed by atoms with E-state index in [0.29, 0.717) is 13.1 Å². The number of alkyl halides is 3. The summed E-state index contributed by atoms with van der Waals surface area (Å²) in [5, 5.41) is 18.9. The lowest BCUT2D eigenvalue weighted by atomic mass is 10.1. The van der Waals surface area contributed by atoms with E-state index in [4.69, 9.17) is 15.0 Å². The second-order valence-corrected chi connectivity index (χ2v) is 4.51. The molecule has 0 rings (SSSR count). The predicted molar refractivity (Wildman–Crippen MR) is 69.3 cm³/mol. The van der Waals surface area contributed by atoms with Gasteiger partial charge >= 0.3 is 18.2 Å². The minimum Gasteiger partial charge on any atom is -0.475 e. The zero-order chi connectivity index (χ0) is 15.9. The molecule has 0 aromatic heterocycles. The molecule has 0 aliphatic rings. The number of aliphatic carboxylic acids is 1. The van der Waals surface area contributed by atoms with Gasteiger partial charge in [-0.15, -0.1) is 12.4 Å². The van der Waals surface area contributed by atoms with E-state index in [2.05, 4.69) is 5.32 Å². The highest BCUT2D eigenvalue weighted by Crippen LogP contribution is 2.13. The lowest BCUT2D eigenvalue weighted by molar-refractivity contribution is -0.192. The number of hydrogen-bond acceptors (Lipinski definition) is 3. The normalized spacial score (nSPS) is 10.8. The number of rotatable bonds is 3. The van der Waals surface area contributed by atoms with Gasteiger partial charge in [0, 0.05) is 18.6 Å². The monoisotopic (exact) mass is 324 g/mol. The first-order chi connectivity index (χ1) is 8.34. The van der Waals surface area contributed by atoms with Crippen molar-refractivity contribution < 1.29 is 33.0 Å². The molecule has 0 heterocycles. The third-order valence-electron chi connectivity index (χ3n) is 1.87. The van der Waals surface area contributed by atoms with Crippen LogP contribution in [-0.4, -0.2) is 59.0 Å². The van der Waals surface area contributed by atoms with Crippen LogP contribution in [0.3, 0.4) is 0 Å². The van der Waals surface area contributed by atoms with Gasteiger partial charge in [0.15, 0.2) is 0 Å². The van der Waals surface area contributed by atoms with Gasteiger partial charge in [0.25, 0.3) is 0 Å². The Morgan fingerprint density at radius 1 is 1.15 bits per heavy atom. The smallest absolute Gasteiger partial charge is 0.475 e. The SMILES string of the molecule is CNCCN(C(=O)O)C(C)(C)C.Cl.O=C(O)C(F)(F)F. The number of nitrogens with one attached hydrogen (secondary N) is 1. The molecule has 0 radical (unpaired) electrons. The van der Waals surface area contributed by atoms with Crippen molar-refractivity contribution in [2.24, 2.45) is 0 Å². The van der Waals surface area contributed by atoms with Crippen molar-refractivity contribution in [3.05, 3.63) is 0 Å². The van der Waals surface area contributed by atoms with E-state index >= 15 is 0 Å². The topological polar surface area (TPSA) is 89.9 Å². The molecule has 0 aliphatic heterocycles. The van der Waals surface area contributed by atoms with Crippen LogP contribution in [0.15, 0.2) is 0 Å². The van der Waals surface area contributed by atoms with Crippen molar-refractivity contribution in [1.29, 1.82) is 0 Å². The Labute approximate surface area is 121 Å². The number of carboxylic acids is 1. The highest BCUT2D eigenvalue weighted by Gasteiger charge is 2.38. The van der Waals surface area contributed by atoms with Crippen LogP contribution >= 0.6 is 12.4 Å². The number of amides is 1. The van der Waals surface area contributed by atoms with Gasteiger partial charge in [-0.2, -0.15) is 13.2 Å². The Kier molecular flexibility index (Phi) is 11.5. The fourth-order valence-corrected chi connectivity index (χ4v) is 0.942. The Morgan fingerprint density at radius 3 is 1.65 bits per heavy atom. The zero-order valence-electron chi connectivity index (χ0n) is 11.6. The van der Waals surface area contributed by atoms with Crippen LogP contribution in [0, 0.1) is 0 Å². The van der Waals surface area contributed by atoms with E-state index in [9.17, 15) is 18.0 Å². The van der Waals surface area contributed by atoms with Crippen LogP contribution in [0.25, 0.3) is 0 Å². The van der Waals surface area contributed by atoms with Gasteiger partial charge in [-0.25, -0.2) is 9.59 Å². The van der Waals surface area contributed by atoms with Crippen molar-refractivity contribution in [1.82, 2.24) is 10.2 Å². The summed E-state index contributed by atoms with van der Waals surface area (Å²) >= 11 is 0. The number of carbonyl (C=O) groups is 2. The standard InChI is InChI=1S/C8H18N2O2.C2HF3O2.ClH/c1-8(2,3)10(7(11)12)6-5-9-4;3-2(4,5)1(6)7;/h9H,5-6H2,1-4H3,(H,11,12);(H,6,7);1H. The van der Waals surface area contributed by atoms with Gasteiger partial charge in [0.2, 0.25) is 0 Å². The lowest BCUT2D eigenvalue weighted by Crippen LogP contribution is -2.47. The average Bonchev–Trinajstić information content (AvgIpc) is 2.14. The molecule has 10 heteroatoms. The summed E-state index contributed by atoms with van der Waals surface area (Å²) in [7, 11) is 1.81. The fraction of sp³-hybridized carbons (Fsp3) is 0.800. The van der Waals surface area contributed by atoms with E-state index in [-0.39, 0.29) is 17.9 Å². The molecule has 6 nitrogen and oxygen atoms in total. The fourth-order valence-electron chi connectivity index (χ4n) is 0.942. The van der Waals surface area contributed by atoms with Gasteiger partial charge < -0.3 is 20.4 Å². The molecular formula is C10H20ClF3N2O4. The second-order valence-electron chi connectivity index (χ2n) is 4.51. The molecule has 122 valence electrons. The second kappa shape index (κ2) is 9.65. The third-order valence-corrected chi connectivity index (χ3v) is 1.87. The van der Waals surface area contributed by atoms with Crippen molar-refractivity contribution in [3.63, 3.8) is 0 Å². The molecule has 1 amide bonds. The Balaban J connectivity index is -0.000000312. The minimum absolute atomic E-state index is 0. The number of likely N-dealkylation sites (N-methyl/N-ethyl adjacent to an activating group) is 1. The number of halogens is 4. The Bertz CT molecular complexity index is 306. The summed E-state index contributed by atoms with van der Waals surface area (Å²) in [6.45, 7) is 6.86. The molecule has 0 bridgehead atoms. The van der Waals surface area contributed by atoms with Crippen molar-refractivity contribution in [2.45, 2.75) is 32.5 Å². The molecule has 0 saturated heterocycles. The molecular weight excluding hydrogens is 305 g/mol. The predicted octanol–water partition coefficient (Wildman–Crippen LogP) is 2.04. The summed E-state index contributed by atoms with van der Waals surface area (Å²) in [4.78, 5) is 21.1. The average molecular weight is 325 g/mol. The van der Waals surface area contributed by atoms with Crippen molar-refractivity contribution >= 4 is 24.5 Å². The third kappa shape index (κ3) is 11.8. The van der Waals surface area contributed by atoms with Gasteiger partial charge in [0.1, 0.15) is 0 Å². The van der Waals surface area contributed by atoms with Crippen LogP contribution < -0.4 is 5.32 Å². The van der Waals surface area contributed by atoms with E-state index < -0.39 is 18.2 Å². The molecule has 0 saturated carbocycles. The summed E-state index contributed by atoms with van der Waals surface area (Å²) in [5.74, 6) is -2.76. The molecule has 0 fully saturated rings. The van der Waals surface area contributed by atoms with Crippen LogP contribution in [-0.2, 0) is 4.79 Å². The maximum absolute atomic E-state index is 10.8. The quantitative estimate of drug-likeness (QED) is 0.739. The lowest BCUT2D eigenvalue weighted by Gasteiger charge is -2.33. The molecule has 20 heavy (non-hydrogen) atoms. The molecule has 0 spiro atoms. The summed E-state index contributed by atoms with van der Waals surface area (Å²) in [6.07, 6.45) is -5.95. The molecule has 0 aliphatic carbocycles. The largest absolute Gasteiger partial charge is 0.490 e. The molecule has 0 unspecified atom stereocenters. The van der Waals surface area contributed by atoms with Crippen molar-refractivity contribution in [2.75, 3.05) is 20.1 Å². The first kappa shape index (κ1) is 23.8. The zero-order valence-corrected chi connectivity index (χ0v) is 12.4. The molecule has 0 aromatic carbocycles. The highest BCUT2D eigenvalue weighted by atomic mass is 35.5. The first-order valence-electron chi connectivity index (χ1n) is 5.29. The Morgan fingerprint density at radius 2 is 1.50 bits per heavy atom. The summed E-state index contributed by atoms with van der Waals surface area (Å²) < 4.78 is 31.7. The van der Waals surface area contributed by atoms with Gasteiger partial charge in [-0.3, -0.25) is 0 Å². The van der Waals surface area contributed by atoms with Gasteiger partial charge in [-0.05, 0) is 27.8 Å². The minimum atomic E-state index is -5.08. The maximum Gasteiger partial charge on any atom is 0.490 e. The number of hydrogen-bond donors (Lipinski definition) is 3. The first-order valence-corrected chi connectivity index (χ1v) is 5.29. The maximum atomic E-state index is 10.8. The summed E-state index contributed by atoms with van der Waals surface area (Å²) in [6, 6.07) is 0. The van der Waals surface area contributed by atoms with Crippen LogP contribution in [0.5, 0.6) is 0 Å². The number of nitrogens with zero attached hydrogens (tertiary/aromatic N) is 1. The van der Waals surface area contributed by atoms with E-state index in [1.807, 2.05) is 27.8 Å². The van der Waals surface area contributed by atoms with Crippen LogP contribution in [0.4, 0.5) is 18.0 Å². The van der Waals surface area contributed by atoms with E-state index in [1.54, 1.807) is 0 Å². The van der Waals surface area contributed by atoms with Gasteiger partial charge in [-0.1, -0.05) is 0 Å². The van der Waals surface area contributed by atoms with Crippen LogP contribution in [0.2, 0.25) is 0 Å². The molecule has 0 aromatic rings. The van der Waals surface area contributed by atoms with Crippen LogP contribution in [0.1, 0.15) is 20.8 Å². The summed E-state index contributed by atoms with van der Waals surface area (Å²) in [5.41, 5.74) is -0.317. The highest BCUT2D eigenvalue weighted by molar-refractivity contribution is 5.85.